The minimum atomic E-state index is -3.53. The highest BCUT2D eigenvalue weighted by Crippen LogP contribution is 2.21. The molecule has 1 amide bonds. The van der Waals surface area contributed by atoms with Gasteiger partial charge in [0.15, 0.2) is 0 Å². The van der Waals surface area contributed by atoms with Gasteiger partial charge in [0.25, 0.3) is 0 Å². The predicted molar refractivity (Wildman–Crippen MR) is 179 cm³/mol. The van der Waals surface area contributed by atoms with Crippen LogP contribution in [0.5, 0.6) is 11.5 Å². The molecule has 2 aromatic carbocycles. The van der Waals surface area contributed by atoms with Crippen LogP contribution in [0.1, 0.15) is 40.1 Å². The number of methoxy groups -OCH3 is 2. The Labute approximate surface area is 269 Å². The number of benzene rings is 2. The Hall–Kier alpha value is -3.22. The SMILES string of the molecule is COc1ccc(CN(Cc2ccc(OC)cc2)S(=O)(=O)CCCCNCCC(=O)N(Cc2cccs2)Cc2cccs2)cc1. The van der Waals surface area contributed by atoms with Crippen molar-refractivity contribution in [3.8, 4) is 11.5 Å². The van der Waals surface area contributed by atoms with Gasteiger partial charge >= 0.3 is 0 Å². The van der Waals surface area contributed by atoms with E-state index in [2.05, 4.69) is 17.4 Å². The number of hydrogen-bond acceptors (Lipinski definition) is 8. The second-order valence-electron chi connectivity index (χ2n) is 10.4. The molecule has 0 fully saturated rings. The standard InChI is InChI=1S/C33H41N3O5S3/c1-40-29-13-9-27(10-14-29)23-36(24-28-11-15-30(41-2)16-12-28)44(38,39)22-4-3-18-34-19-17-33(37)35(25-31-7-5-20-42-31)26-32-8-6-21-43-32/h5-16,20-21,34H,3-4,17-19,22-26H2,1-2H3. The molecule has 0 unspecified atom stereocenters. The lowest BCUT2D eigenvalue weighted by molar-refractivity contribution is -0.132. The average Bonchev–Trinajstić information content (AvgIpc) is 3.75. The molecule has 0 bridgehead atoms. The molecule has 0 spiro atoms. The summed E-state index contributed by atoms with van der Waals surface area (Å²) in [5.74, 6) is 1.61. The zero-order valence-electron chi connectivity index (χ0n) is 25.3. The second-order valence-corrected chi connectivity index (χ2v) is 14.5. The van der Waals surface area contributed by atoms with Crippen molar-refractivity contribution >= 4 is 38.6 Å². The van der Waals surface area contributed by atoms with Crippen LogP contribution in [0.15, 0.2) is 83.6 Å². The highest BCUT2D eigenvalue weighted by molar-refractivity contribution is 7.89. The molecular formula is C33H41N3O5S3. The van der Waals surface area contributed by atoms with E-state index in [9.17, 15) is 13.2 Å². The fourth-order valence-corrected chi connectivity index (χ4v) is 7.63. The fourth-order valence-electron chi connectivity index (χ4n) is 4.68. The molecule has 1 N–H and O–H groups in total. The monoisotopic (exact) mass is 655 g/mol. The summed E-state index contributed by atoms with van der Waals surface area (Å²) in [4.78, 5) is 17.3. The van der Waals surface area contributed by atoms with E-state index in [4.69, 9.17) is 9.47 Å². The summed E-state index contributed by atoms with van der Waals surface area (Å²) in [7, 11) is -0.320. The molecule has 0 aliphatic rings. The van der Waals surface area contributed by atoms with Crippen LogP contribution in [0.3, 0.4) is 0 Å². The van der Waals surface area contributed by atoms with Crippen molar-refractivity contribution in [3.63, 3.8) is 0 Å². The number of carbonyl (C=O) groups is 1. The first-order valence-electron chi connectivity index (χ1n) is 14.6. The number of carbonyl (C=O) groups excluding carboxylic acids is 1. The van der Waals surface area contributed by atoms with Crippen molar-refractivity contribution in [2.45, 2.75) is 45.4 Å². The number of rotatable bonds is 19. The topological polar surface area (TPSA) is 88.2 Å². The normalized spacial score (nSPS) is 11.5. The maximum Gasteiger partial charge on any atom is 0.224 e. The summed E-state index contributed by atoms with van der Waals surface area (Å²) in [6, 6.07) is 23.1. The summed E-state index contributed by atoms with van der Waals surface area (Å²) in [5, 5.41) is 7.39. The van der Waals surface area contributed by atoms with Crippen LogP contribution >= 0.6 is 22.7 Å². The molecule has 2 aromatic heterocycles. The number of hydrogen-bond donors (Lipinski definition) is 1. The zero-order chi connectivity index (χ0) is 31.2. The Kier molecular flexibility index (Phi) is 13.2. The first kappa shape index (κ1) is 33.7. The van der Waals surface area contributed by atoms with E-state index in [-0.39, 0.29) is 24.7 Å². The van der Waals surface area contributed by atoms with E-state index in [0.717, 1.165) is 32.4 Å². The Morgan fingerprint density at radius 3 is 1.70 bits per heavy atom. The first-order chi connectivity index (χ1) is 21.4. The van der Waals surface area contributed by atoms with Gasteiger partial charge in [-0.3, -0.25) is 4.79 Å². The summed E-state index contributed by atoms with van der Waals surface area (Å²) in [6.07, 6.45) is 1.61. The van der Waals surface area contributed by atoms with Crippen molar-refractivity contribution in [1.82, 2.24) is 14.5 Å². The molecule has 0 atom stereocenters. The number of thiophene rings is 2. The van der Waals surface area contributed by atoms with Crippen LogP contribution in [-0.4, -0.2) is 56.6 Å². The maximum absolute atomic E-state index is 13.5. The number of amides is 1. The van der Waals surface area contributed by atoms with E-state index in [0.29, 0.717) is 45.4 Å². The Morgan fingerprint density at radius 1 is 0.727 bits per heavy atom. The molecule has 4 rings (SSSR count). The Morgan fingerprint density at radius 2 is 1.25 bits per heavy atom. The number of nitrogens with zero attached hydrogens (tertiary/aromatic N) is 2. The molecule has 4 aromatic rings. The van der Waals surface area contributed by atoms with Gasteiger partial charge in [-0.2, -0.15) is 4.31 Å². The third-order valence-corrected chi connectivity index (χ3v) is 10.7. The zero-order valence-corrected chi connectivity index (χ0v) is 27.8. The molecule has 0 radical (unpaired) electrons. The average molecular weight is 656 g/mol. The van der Waals surface area contributed by atoms with Crippen LogP contribution in [-0.2, 0) is 41.0 Å². The number of unbranched alkanes of at least 4 members (excludes halogenated alkanes) is 1. The lowest BCUT2D eigenvalue weighted by Crippen LogP contribution is -2.33. The largest absolute Gasteiger partial charge is 0.497 e. The highest BCUT2D eigenvalue weighted by atomic mass is 32.2. The van der Waals surface area contributed by atoms with Crippen LogP contribution < -0.4 is 14.8 Å². The van der Waals surface area contributed by atoms with Gasteiger partial charge in [0.05, 0.1) is 33.1 Å². The summed E-state index contributed by atoms with van der Waals surface area (Å²) >= 11 is 3.31. The summed E-state index contributed by atoms with van der Waals surface area (Å²) < 4.78 is 39.1. The molecule has 0 saturated heterocycles. The molecule has 0 saturated carbocycles. The van der Waals surface area contributed by atoms with Crippen molar-refractivity contribution in [3.05, 3.63) is 104 Å². The van der Waals surface area contributed by atoms with E-state index in [1.807, 2.05) is 76.3 Å². The van der Waals surface area contributed by atoms with Gasteiger partial charge in [-0.1, -0.05) is 36.4 Å². The molecule has 236 valence electrons. The quantitative estimate of drug-likeness (QED) is 0.122. The number of ether oxygens (including phenoxy) is 2. The molecule has 11 heteroatoms. The molecule has 8 nitrogen and oxygen atoms in total. The van der Waals surface area contributed by atoms with Gasteiger partial charge in [0.1, 0.15) is 11.5 Å². The van der Waals surface area contributed by atoms with Crippen molar-refractivity contribution in [2.75, 3.05) is 33.1 Å². The van der Waals surface area contributed by atoms with Gasteiger partial charge in [-0.15, -0.1) is 22.7 Å². The predicted octanol–water partition coefficient (Wildman–Crippen LogP) is 6.15. The van der Waals surface area contributed by atoms with Gasteiger partial charge in [0.2, 0.25) is 15.9 Å². The van der Waals surface area contributed by atoms with Crippen molar-refractivity contribution in [2.24, 2.45) is 0 Å². The lowest BCUT2D eigenvalue weighted by Gasteiger charge is -2.23. The minimum absolute atomic E-state index is 0.0509. The van der Waals surface area contributed by atoms with Gasteiger partial charge in [0, 0.05) is 35.8 Å². The highest BCUT2D eigenvalue weighted by Gasteiger charge is 2.23. The second kappa shape index (κ2) is 17.3. The fraction of sp³-hybridized carbons (Fsp3) is 0.364. The van der Waals surface area contributed by atoms with E-state index in [1.165, 1.54) is 0 Å². The summed E-state index contributed by atoms with van der Waals surface area (Å²) in [6.45, 7) is 2.96. The third kappa shape index (κ3) is 10.7. The lowest BCUT2D eigenvalue weighted by atomic mass is 10.2. The summed E-state index contributed by atoms with van der Waals surface area (Å²) in [5.41, 5.74) is 1.78. The van der Waals surface area contributed by atoms with Crippen LogP contribution in [0.2, 0.25) is 0 Å². The van der Waals surface area contributed by atoms with E-state index in [1.54, 1.807) is 41.2 Å². The molecule has 2 heterocycles. The maximum atomic E-state index is 13.5. The van der Waals surface area contributed by atoms with Gasteiger partial charge in [-0.25, -0.2) is 8.42 Å². The number of nitrogens with one attached hydrogen (secondary N) is 1. The molecule has 44 heavy (non-hydrogen) atoms. The van der Waals surface area contributed by atoms with Crippen LogP contribution in [0.4, 0.5) is 0 Å². The van der Waals surface area contributed by atoms with Crippen molar-refractivity contribution < 1.29 is 22.7 Å². The van der Waals surface area contributed by atoms with E-state index >= 15 is 0 Å². The van der Waals surface area contributed by atoms with Crippen molar-refractivity contribution in [1.29, 1.82) is 0 Å². The minimum Gasteiger partial charge on any atom is -0.497 e. The number of sulfonamides is 1. The molecular weight excluding hydrogens is 615 g/mol. The van der Waals surface area contributed by atoms with E-state index < -0.39 is 10.0 Å². The smallest absolute Gasteiger partial charge is 0.224 e. The molecule has 0 aliphatic carbocycles. The Balaban J connectivity index is 1.25. The van der Waals surface area contributed by atoms with Crippen LogP contribution in [0, 0.1) is 0 Å². The van der Waals surface area contributed by atoms with Crippen LogP contribution in [0.25, 0.3) is 0 Å². The van der Waals surface area contributed by atoms with Gasteiger partial charge in [-0.05, 0) is 77.7 Å². The van der Waals surface area contributed by atoms with Gasteiger partial charge < -0.3 is 19.7 Å². The first-order valence-corrected chi connectivity index (χ1v) is 18.0. The Bertz CT molecular complexity index is 1410. The third-order valence-electron chi connectivity index (χ3n) is 7.16. The molecule has 0 aliphatic heterocycles.